The van der Waals surface area contributed by atoms with Gasteiger partial charge in [0, 0.05) is 23.5 Å². The number of thiazole rings is 1. The summed E-state index contributed by atoms with van der Waals surface area (Å²) in [5.74, 6) is 1.26. The predicted octanol–water partition coefficient (Wildman–Crippen LogP) is 3.53. The zero-order valence-corrected chi connectivity index (χ0v) is 14.4. The van der Waals surface area contributed by atoms with Crippen LogP contribution in [0.3, 0.4) is 0 Å². The molecule has 5 heteroatoms. The van der Waals surface area contributed by atoms with Gasteiger partial charge in [-0.2, -0.15) is 0 Å². The van der Waals surface area contributed by atoms with Crippen LogP contribution in [0.15, 0.2) is 17.2 Å². The summed E-state index contributed by atoms with van der Waals surface area (Å²) in [6, 6.07) is 0. The number of nitrogens with one attached hydrogen (secondary N) is 1. The van der Waals surface area contributed by atoms with Crippen LogP contribution in [0, 0.1) is 5.92 Å². The molecule has 2 saturated heterocycles. The van der Waals surface area contributed by atoms with E-state index < -0.39 is 0 Å². The molecule has 2 aliphatic heterocycles. The van der Waals surface area contributed by atoms with Crippen LogP contribution in [0.4, 0.5) is 0 Å². The first-order chi connectivity index (χ1) is 11.3. The Balaban J connectivity index is 1.52. The van der Waals surface area contributed by atoms with Gasteiger partial charge in [0.25, 0.3) is 5.91 Å². The van der Waals surface area contributed by atoms with Gasteiger partial charge in [0.15, 0.2) is 0 Å². The van der Waals surface area contributed by atoms with Crippen LogP contribution in [-0.2, 0) is 0 Å². The lowest BCUT2D eigenvalue weighted by Crippen LogP contribution is -2.39. The van der Waals surface area contributed by atoms with E-state index in [-0.39, 0.29) is 5.91 Å². The van der Waals surface area contributed by atoms with E-state index in [2.05, 4.69) is 11.4 Å². The molecule has 1 atom stereocenters. The summed E-state index contributed by atoms with van der Waals surface area (Å²) in [5, 5.41) is 6.52. The maximum atomic E-state index is 13.0. The summed E-state index contributed by atoms with van der Waals surface area (Å²) in [7, 11) is 0. The summed E-state index contributed by atoms with van der Waals surface area (Å²) < 4.78 is 0. The SMILES string of the molecule is O=C(c1csc(C2CCNCC2)n1)N1CCCC2CCCC=C21. The second kappa shape index (κ2) is 6.73. The molecular weight excluding hydrogens is 306 g/mol. The molecule has 0 saturated carbocycles. The minimum Gasteiger partial charge on any atom is -0.317 e. The molecule has 124 valence electrons. The molecular formula is C18H25N3OS. The van der Waals surface area contributed by atoms with E-state index in [4.69, 9.17) is 4.98 Å². The van der Waals surface area contributed by atoms with Gasteiger partial charge in [-0.1, -0.05) is 6.08 Å². The largest absolute Gasteiger partial charge is 0.317 e. The Morgan fingerprint density at radius 3 is 2.87 bits per heavy atom. The van der Waals surface area contributed by atoms with Crippen LogP contribution in [0.1, 0.15) is 66.4 Å². The predicted molar refractivity (Wildman–Crippen MR) is 92.7 cm³/mol. The second-order valence-corrected chi connectivity index (χ2v) is 7.84. The quantitative estimate of drug-likeness (QED) is 0.902. The second-order valence-electron chi connectivity index (χ2n) is 6.95. The Morgan fingerprint density at radius 1 is 1.17 bits per heavy atom. The maximum absolute atomic E-state index is 13.0. The molecule has 4 nitrogen and oxygen atoms in total. The summed E-state index contributed by atoms with van der Waals surface area (Å²) >= 11 is 1.67. The summed E-state index contributed by atoms with van der Waals surface area (Å²) in [6.45, 7) is 2.99. The van der Waals surface area contributed by atoms with Gasteiger partial charge in [0.1, 0.15) is 5.69 Å². The zero-order valence-electron chi connectivity index (χ0n) is 13.6. The lowest BCUT2D eigenvalue weighted by Gasteiger charge is -2.37. The van der Waals surface area contributed by atoms with E-state index in [0.29, 0.717) is 17.5 Å². The summed E-state index contributed by atoms with van der Waals surface area (Å²) in [6.07, 6.45) is 10.6. The first-order valence-corrected chi connectivity index (χ1v) is 9.89. The number of piperidine rings is 2. The molecule has 4 rings (SSSR count). The van der Waals surface area contributed by atoms with E-state index in [0.717, 1.165) is 50.3 Å². The number of carbonyl (C=O) groups excluding carboxylic acids is 1. The highest BCUT2D eigenvalue weighted by Crippen LogP contribution is 2.36. The topological polar surface area (TPSA) is 45.2 Å². The summed E-state index contributed by atoms with van der Waals surface area (Å²) in [5.41, 5.74) is 1.94. The Labute approximate surface area is 142 Å². The van der Waals surface area contributed by atoms with Crippen molar-refractivity contribution >= 4 is 17.2 Å². The first-order valence-electron chi connectivity index (χ1n) is 9.01. The Hall–Kier alpha value is -1.20. The Kier molecular flexibility index (Phi) is 4.49. The fourth-order valence-corrected chi connectivity index (χ4v) is 5.14. The number of amides is 1. The molecule has 3 heterocycles. The summed E-state index contributed by atoms with van der Waals surface area (Å²) in [4.78, 5) is 19.7. The number of rotatable bonds is 2. The minimum atomic E-state index is 0.124. The van der Waals surface area contributed by atoms with Crippen molar-refractivity contribution in [1.82, 2.24) is 15.2 Å². The van der Waals surface area contributed by atoms with Gasteiger partial charge in [0.2, 0.25) is 0 Å². The van der Waals surface area contributed by atoms with Crippen molar-refractivity contribution in [2.45, 2.75) is 50.9 Å². The van der Waals surface area contributed by atoms with Gasteiger partial charge in [-0.05, 0) is 64.0 Å². The fraction of sp³-hybridized carbons (Fsp3) is 0.667. The van der Waals surface area contributed by atoms with Crippen molar-refractivity contribution in [3.05, 3.63) is 27.9 Å². The molecule has 0 radical (unpaired) electrons. The van der Waals surface area contributed by atoms with Crippen LogP contribution < -0.4 is 5.32 Å². The average Bonchev–Trinajstić information content (AvgIpc) is 3.11. The highest BCUT2D eigenvalue weighted by molar-refractivity contribution is 7.09. The highest BCUT2D eigenvalue weighted by atomic mass is 32.1. The van der Waals surface area contributed by atoms with Gasteiger partial charge >= 0.3 is 0 Å². The molecule has 0 bridgehead atoms. The molecule has 1 N–H and O–H groups in total. The number of likely N-dealkylation sites (tertiary alicyclic amines) is 1. The number of hydrogen-bond donors (Lipinski definition) is 1. The minimum absolute atomic E-state index is 0.124. The lowest BCUT2D eigenvalue weighted by molar-refractivity contribution is 0.0743. The number of carbonyl (C=O) groups is 1. The monoisotopic (exact) mass is 331 g/mol. The van der Waals surface area contributed by atoms with E-state index in [9.17, 15) is 4.79 Å². The Morgan fingerprint density at radius 2 is 2.00 bits per heavy atom. The van der Waals surface area contributed by atoms with Gasteiger partial charge in [-0.3, -0.25) is 4.79 Å². The number of fused-ring (bicyclic) bond motifs is 1. The normalized spacial score (nSPS) is 25.8. The molecule has 1 aromatic rings. The van der Waals surface area contributed by atoms with Crippen molar-refractivity contribution in [1.29, 1.82) is 0 Å². The van der Waals surface area contributed by atoms with Crippen LogP contribution in [0.25, 0.3) is 0 Å². The van der Waals surface area contributed by atoms with E-state index in [1.54, 1.807) is 11.3 Å². The van der Waals surface area contributed by atoms with E-state index in [1.807, 2.05) is 10.3 Å². The van der Waals surface area contributed by atoms with Crippen molar-refractivity contribution in [2.24, 2.45) is 5.92 Å². The smallest absolute Gasteiger partial charge is 0.277 e. The molecule has 1 aromatic heterocycles. The first kappa shape index (κ1) is 15.3. The molecule has 23 heavy (non-hydrogen) atoms. The van der Waals surface area contributed by atoms with Gasteiger partial charge in [-0.25, -0.2) is 4.98 Å². The fourth-order valence-electron chi connectivity index (χ4n) is 4.18. The zero-order chi connectivity index (χ0) is 15.6. The average molecular weight is 331 g/mol. The van der Waals surface area contributed by atoms with Crippen molar-refractivity contribution in [3.63, 3.8) is 0 Å². The van der Waals surface area contributed by atoms with Gasteiger partial charge in [0.05, 0.1) is 5.01 Å². The number of aromatic nitrogens is 1. The molecule has 3 aliphatic rings. The third-order valence-corrected chi connectivity index (χ3v) is 6.46. The third-order valence-electron chi connectivity index (χ3n) is 5.45. The molecule has 0 spiro atoms. The standard InChI is InChI=1S/C18H25N3OS/c22-18(21-11-3-5-13-4-1-2-6-16(13)21)15-12-23-17(20-15)14-7-9-19-10-8-14/h6,12-14,19H,1-5,7-11H2. The van der Waals surface area contributed by atoms with Crippen molar-refractivity contribution in [3.8, 4) is 0 Å². The number of hydrogen-bond acceptors (Lipinski definition) is 4. The van der Waals surface area contributed by atoms with E-state index >= 15 is 0 Å². The van der Waals surface area contributed by atoms with E-state index in [1.165, 1.54) is 25.0 Å². The lowest BCUT2D eigenvalue weighted by atomic mass is 9.85. The third kappa shape index (κ3) is 3.09. The Bertz CT molecular complexity index is 603. The molecule has 0 aromatic carbocycles. The molecule has 1 aliphatic carbocycles. The highest BCUT2D eigenvalue weighted by Gasteiger charge is 2.32. The van der Waals surface area contributed by atoms with Gasteiger partial charge in [-0.15, -0.1) is 11.3 Å². The van der Waals surface area contributed by atoms with Crippen LogP contribution in [0.2, 0.25) is 0 Å². The van der Waals surface area contributed by atoms with Gasteiger partial charge < -0.3 is 10.2 Å². The molecule has 1 amide bonds. The van der Waals surface area contributed by atoms with Crippen LogP contribution >= 0.6 is 11.3 Å². The van der Waals surface area contributed by atoms with Crippen molar-refractivity contribution < 1.29 is 4.79 Å². The molecule has 2 fully saturated rings. The molecule has 1 unspecified atom stereocenters. The maximum Gasteiger partial charge on any atom is 0.277 e. The van der Waals surface area contributed by atoms with Crippen LogP contribution in [0.5, 0.6) is 0 Å². The van der Waals surface area contributed by atoms with Crippen molar-refractivity contribution in [2.75, 3.05) is 19.6 Å². The number of allylic oxidation sites excluding steroid dienone is 2. The number of nitrogens with zero attached hydrogens (tertiary/aromatic N) is 2. The van der Waals surface area contributed by atoms with Crippen LogP contribution in [-0.4, -0.2) is 35.4 Å².